The van der Waals surface area contributed by atoms with Gasteiger partial charge < -0.3 is 5.32 Å². The van der Waals surface area contributed by atoms with E-state index in [1.165, 1.54) is 31.7 Å². The summed E-state index contributed by atoms with van der Waals surface area (Å²) in [4.78, 5) is 0.409. The van der Waals surface area contributed by atoms with Crippen LogP contribution in [-0.4, -0.2) is 29.8 Å². The number of hydrogen-bond acceptors (Lipinski definition) is 3. The molecule has 2 N–H and O–H groups in total. The van der Waals surface area contributed by atoms with Crippen molar-refractivity contribution in [3.05, 3.63) is 0 Å². The molecule has 1 spiro atoms. The third-order valence-electron chi connectivity index (χ3n) is 3.40. The maximum absolute atomic E-state index is 3.83. The highest BCUT2D eigenvalue weighted by molar-refractivity contribution is 8.00. The van der Waals surface area contributed by atoms with Gasteiger partial charge in [-0.05, 0) is 25.3 Å². The highest BCUT2D eigenvalue weighted by atomic mass is 32.2. The Hall–Kier alpha value is 0.270. The van der Waals surface area contributed by atoms with Crippen molar-refractivity contribution in [1.82, 2.24) is 10.6 Å². The van der Waals surface area contributed by atoms with Crippen LogP contribution in [0.1, 0.15) is 26.7 Å². The molecule has 2 aliphatic rings. The molecular formula is C10H20N2S. The van der Waals surface area contributed by atoms with Gasteiger partial charge in [-0.1, -0.05) is 13.8 Å². The van der Waals surface area contributed by atoms with Crippen molar-refractivity contribution in [2.24, 2.45) is 5.92 Å². The normalized spacial score (nSPS) is 45.7. The molecule has 0 aliphatic carbocycles. The summed E-state index contributed by atoms with van der Waals surface area (Å²) < 4.78 is 0. The Bertz CT molecular complexity index is 186. The minimum atomic E-state index is 0.409. The molecule has 13 heavy (non-hydrogen) atoms. The minimum Gasteiger partial charge on any atom is -0.316 e. The van der Waals surface area contributed by atoms with Gasteiger partial charge in [0.05, 0.1) is 4.87 Å². The van der Waals surface area contributed by atoms with E-state index in [1.54, 1.807) is 0 Å². The van der Waals surface area contributed by atoms with Crippen LogP contribution in [0.4, 0.5) is 0 Å². The molecule has 2 rings (SSSR count). The van der Waals surface area contributed by atoms with Crippen LogP contribution in [0.25, 0.3) is 0 Å². The Balaban J connectivity index is 2.03. The quantitative estimate of drug-likeness (QED) is 0.669. The molecule has 3 atom stereocenters. The predicted octanol–water partition coefficient (Wildman–Crippen LogP) is 1.43. The van der Waals surface area contributed by atoms with Crippen LogP contribution in [0.3, 0.4) is 0 Å². The fraction of sp³-hybridized carbons (Fsp3) is 1.00. The Labute approximate surface area is 85.2 Å². The van der Waals surface area contributed by atoms with Gasteiger partial charge in [-0.3, -0.25) is 5.32 Å². The molecule has 2 fully saturated rings. The highest BCUT2D eigenvalue weighted by Crippen LogP contribution is 2.41. The second-order valence-electron chi connectivity index (χ2n) is 4.31. The van der Waals surface area contributed by atoms with Gasteiger partial charge >= 0.3 is 0 Å². The van der Waals surface area contributed by atoms with Gasteiger partial charge in [-0.25, -0.2) is 0 Å². The summed E-state index contributed by atoms with van der Waals surface area (Å²) in [5, 5.41) is 7.29. The predicted molar refractivity (Wildman–Crippen MR) is 59.1 cm³/mol. The summed E-state index contributed by atoms with van der Waals surface area (Å²) in [6, 6.07) is 0.755. The summed E-state index contributed by atoms with van der Waals surface area (Å²) in [6.07, 6.45) is 2.56. The largest absolute Gasteiger partial charge is 0.316 e. The molecular weight excluding hydrogens is 180 g/mol. The number of thioether (sulfide) groups is 1. The first-order valence-electron chi connectivity index (χ1n) is 5.39. The average molecular weight is 200 g/mol. The van der Waals surface area contributed by atoms with Gasteiger partial charge in [-0.15, -0.1) is 11.8 Å². The first-order valence-corrected chi connectivity index (χ1v) is 6.38. The van der Waals surface area contributed by atoms with Gasteiger partial charge in [0.2, 0.25) is 0 Å². The van der Waals surface area contributed by atoms with Crippen molar-refractivity contribution in [2.75, 3.05) is 18.8 Å². The number of hydrogen-bond donors (Lipinski definition) is 2. The van der Waals surface area contributed by atoms with Crippen molar-refractivity contribution in [2.45, 2.75) is 37.6 Å². The van der Waals surface area contributed by atoms with Crippen molar-refractivity contribution < 1.29 is 0 Å². The maximum atomic E-state index is 3.83. The smallest absolute Gasteiger partial charge is 0.0698 e. The van der Waals surface area contributed by atoms with Crippen LogP contribution in [0.5, 0.6) is 0 Å². The second-order valence-corrected chi connectivity index (χ2v) is 5.66. The van der Waals surface area contributed by atoms with Crippen molar-refractivity contribution in [3.8, 4) is 0 Å². The van der Waals surface area contributed by atoms with Crippen LogP contribution < -0.4 is 10.6 Å². The molecule has 0 aromatic heterocycles. The molecule has 3 heteroatoms. The van der Waals surface area contributed by atoms with Gasteiger partial charge in [0.25, 0.3) is 0 Å². The zero-order valence-electron chi connectivity index (χ0n) is 8.60. The van der Waals surface area contributed by atoms with Crippen molar-refractivity contribution >= 4 is 11.8 Å². The van der Waals surface area contributed by atoms with E-state index < -0.39 is 0 Å². The molecule has 2 aliphatic heterocycles. The number of nitrogens with one attached hydrogen (secondary N) is 2. The topological polar surface area (TPSA) is 24.1 Å². The molecule has 0 radical (unpaired) electrons. The number of piperidine rings is 1. The van der Waals surface area contributed by atoms with Gasteiger partial charge in [0.1, 0.15) is 0 Å². The summed E-state index contributed by atoms with van der Waals surface area (Å²) in [5.74, 6) is 2.07. The average Bonchev–Trinajstić information content (AvgIpc) is 2.56. The van der Waals surface area contributed by atoms with E-state index in [-0.39, 0.29) is 0 Å². The lowest BCUT2D eigenvalue weighted by atomic mass is 9.93. The third kappa shape index (κ3) is 1.74. The Kier molecular flexibility index (Phi) is 2.86. The molecule has 0 aromatic rings. The maximum Gasteiger partial charge on any atom is 0.0698 e. The van der Waals surface area contributed by atoms with Gasteiger partial charge in [0.15, 0.2) is 0 Å². The first kappa shape index (κ1) is 9.81. The lowest BCUT2D eigenvalue weighted by molar-refractivity contribution is 0.258. The van der Waals surface area contributed by atoms with Crippen molar-refractivity contribution in [3.63, 3.8) is 0 Å². The standard InChI is InChI=1S/C10H20N2S/c1-3-9-7-13-10(12-9)4-5-11-6-8(10)2/h8-9,11-12H,3-7H2,1-2H3. The molecule has 3 unspecified atom stereocenters. The highest BCUT2D eigenvalue weighted by Gasteiger charge is 2.43. The van der Waals surface area contributed by atoms with E-state index in [2.05, 4.69) is 36.2 Å². The lowest BCUT2D eigenvalue weighted by Gasteiger charge is -2.40. The zero-order chi connectivity index (χ0) is 9.31. The van der Waals surface area contributed by atoms with Crippen LogP contribution in [-0.2, 0) is 0 Å². The molecule has 2 heterocycles. The number of rotatable bonds is 1. The van der Waals surface area contributed by atoms with E-state index in [9.17, 15) is 0 Å². The van der Waals surface area contributed by atoms with E-state index in [4.69, 9.17) is 0 Å². The molecule has 0 bridgehead atoms. The SMILES string of the molecule is CCC1CSC2(CCNCC2C)N1. The van der Waals surface area contributed by atoms with E-state index in [1.807, 2.05) is 0 Å². The van der Waals surface area contributed by atoms with Gasteiger partial charge in [-0.2, -0.15) is 0 Å². The summed E-state index contributed by atoms with van der Waals surface area (Å²) in [7, 11) is 0. The minimum absolute atomic E-state index is 0.409. The fourth-order valence-corrected chi connectivity index (χ4v) is 4.01. The van der Waals surface area contributed by atoms with Crippen molar-refractivity contribution in [1.29, 1.82) is 0 Å². The summed E-state index contributed by atoms with van der Waals surface area (Å²) >= 11 is 2.16. The fourth-order valence-electron chi connectivity index (χ4n) is 2.33. The molecule has 0 saturated carbocycles. The Morgan fingerprint density at radius 2 is 2.38 bits per heavy atom. The monoisotopic (exact) mass is 200 g/mol. The van der Waals surface area contributed by atoms with Crippen LogP contribution in [0, 0.1) is 5.92 Å². The summed E-state index contributed by atoms with van der Waals surface area (Å²) in [6.45, 7) is 7.00. The van der Waals surface area contributed by atoms with E-state index in [0.29, 0.717) is 4.87 Å². The van der Waals surface area contributed by atoms with Crippen LogP contribution >= 0.6 is 11.8 Å². The third-order valence-corrected chi connectivity index (χ3v) is 5.21. The van der Waals surface area contributed by atoms with Crippen LogP contribution in [0.15, 0.2) is 0 Å². The van der Waals surface area contributed by atoms with E-state index >= 15 is 0 Å². The lowest BCUT2D eigenvalue weighted by Crippen LogP contribution is -2.54. The molecule has 2 saturated heterocycles. The first-order chi connectivity index (χ1) is 6.27. The zero-order valence-corrected chi connectivity index (χ0v) is 9.41. The van der Waals surface area contributed by atoms with E-state index in [0.717, 1.165) is 12.0 Å². The Morgan fingerprint density at radius 1 is 1.54 bits per heavy atom. The molecule has 76 valence electrons. The summed E-state index contributed by atoms with van der Waals surface area (Å²) in [5.41, 5.74) is 0. The van der Waals surface area contributed by atoms with Crippen LogP contribution in [0.2, 0.25) is 0 Å². The molecule has 0 amide bonds. The van der Waals surface area contributed by atoms with Gasteiger partial charge in [0, 0.05) is 18.3 Å². The molecule has 0 aromatic carbocycles. The Morgan fingerprint density at radius 3 is 3.00 bits per heavy atom. The second kappa shape index (κ2) is 3.79. The molecule has 2 nitrogen and oxygen atoms in total.